The van der Waals surface area contributed by atoms with Gasteiger partial charge in [-0.15, -0.1) is 0 Å². The maximum Gasteiger partial charge on any atom is 0.0132 e. The first-order chi connectivity index (χ1) is 5.37. The highest BCUT2D eigenvalue weighted by Crippen LogP contribution is 2.22. The number of hydrogen-bond acceptors (Lipinski definition) is 1. The van der Waals surface area contributed by atoms with Gasteiger partial charge < -0.3 is 4.90 Å². The van der Waals surface area contributed by atoms with Gasteiger partial charge >= 0.3 is 0 Å². The minimum Gasteiger partial charge on any atom is -0.353 e. The summed E-state index contributed by atoms with van der Waals surface area (Å²) in [5.41, 5.74) is 2.20. The van der Waals surface area contributed by atoms with Gasteiger partial charge in [-0.1, -0.05) is 33.9 Å². The van der Waals surface area contributed by atoms with Crippen molar-refractivity contribution >= 4 is 0 Å². The van der Waals surface area contributed by atoms with Gasteiger partial charge in [-0.2, -0.15) is 0 Å². The quantitative estimate of drug-likeness (QED) is 0.621. The predicted octanol–water partition coefficient (Wildman–Crippen LogP) is 3.26. The summed E-state index contributed by atoms with van der Waals surface area (Å²) in [6, 6.07) is 0. The normalized spacial score (nSPS) is 12.8. The van der Waals surface area contributed by atoms with Crippen LogP contribution in [-0.4, -0.2) is 11.9 Å². The lowest BCUT2D eigenvalue weighted by Gasteiger charge is -2.28. The van der Waals surface area contributed by atoms with Gasteiger partial charge in [0.15, 0.2) is 0 Å². The van der Waals surface area contributed by atoms with Crippen molar-refractivity contribution in [3.63, 3.8) is 0 Å². The molecule has 0 heterocycles. The lowest BCUT2D eigenvalue weighted by atomic mass is 9.94. The molecule has 0 aliphatic heterocycles. The molecule has 0 saturated carbocycles. The summed E-state index contributed by atoms with van der Waals surface area (Å²) in [7, 11) is 2.02. The van der Waals surface area contributed by atoms with E-state index in [1.54, 1.807) is 0 Å². The van der Waals surface area contributed by atoms with Crippen molar-refractivity contribution in [1.29, 1.82) is 0 Å². The van der Waals surface area contributed by atoms with Crippen LogP contribution in [0.1, 0.15) is 27.7 Å². The number of hydrogen-bond donors (Lipinski definition) is 0. The van der Waals surface area contributed by atoms with E-state index in [4.69, 9.17) is 0 Å². The van der Waals surface area contributed by atoms with Gasteiger partial charge in [-0.05, 0) is 18.8 Å². The van der Waals surface area contributed by atoms with Crippen LogP contribution in [-0.2, 0) is 0 Å². The summed E-state index contributed by atoms with van der Waals surface area (Å²) >= 11 is 0. The molecule has 1 unspecified atom stereocenters. The van der Waals surface area contributed by atoms with Crippen LogP contribution < -0.4 is 0 Å². The second-order valence-corrected chi connectivity index (χ2v) is 3.82. The van der Waals surface area contributed by atoms with Gasteiger partial charge in [0.05, 0.1) is 0 Å². The van der Waals surface area contributed by atoms with Crippen LogP contribution in [0.2, 0.25) is 0 Å². The van der Waals surface area contributed by atoms with Crippen LogP contribution in [0.5, 0.6) is 0 Å². The monoisotopic (exact) mass is 167 g/mol. The van der Waals surface area contributed by atoms with E-state index in [-0.39, 0.29) is 0 Å². The maximum atomic E-state index is 4.06. The highest BCUT2D eigenvalue weighted by atomic mass is 15.1. The average Bonchev–Trinajstić information content (AvgIpc) is 2.00. The molecule has 0 spiro atoms. The summed E-state index contributed by atoms with van der Waals surface area (Å²) < 4.78 is 0. The number of allylic oxidation sites excluding steroid dienone is 2. The highest BCUT2D eigenvalue weighted by molar-refractivity contribution is 5.06. The Labute approximate surface area is 76.8 Å². The van der Waals surface area contributed by atoms with Gasteiger partial charge in [-0.25, -0.2) is 0 Å². The van der Waals surface area contributed by atoms with Crippen molar-refractivity contribution in [3.8, 4) is 0 Å². The van der Waals surface area contributed by atoms with Crippen molar-refractivity contribution < 1.29 is 0 Å². The fourth-order valence-corrected chi connectivity index (χ4v) is 0.935. The van der Waals surface area contributed by atoms with Crippen LogP contribution in [0.4, 0.5) is 0 Å². The van der Waals surface area contributed by atoms with Gasteiger partial charge in [-0.3, -0.25) is 0 Å². The molecule has 1 heteroatoms. The largest absolute Gasteiger partial charge is 0.353 e. The second-order valence-electron chi connectivity index (χ2n) is 3.82. The third kappa shape index (κ3) is 2.72. The molecule has 1 atom stereocenters. The van der Waals surface area contributed by atoms with Gasteiger partial charge in [0, 0.05) is 18.4 Å². The van der Waals surface area contributed by atoms with Gasteiger partial charge in [0.2, 0.25) is 0 Å². The van der Waals surface area contributed by atoms with Gasteiger partial charge in [0.1, 0.15) is 0 Å². The first-order valence-electron chi connectivity index (χ1n) is 4.46. The standard InChI is InChI=1S/C11H21N/c1-8(2)10(5)11(6)12(7)9(3)4/h8,10H,3,6H2,1-2,4-5,7H3. The van der Waals surface area contributed by atoms with Crippen LogP contribution in [0, 0.1) is 11.8 Å². The number of rotatable bonds is 4. The molecular formula is C11H21N. The molecule has 0 aliphatic carbocycles. The Bertz CT molecular complexity index is 179. The van der Waals surface area contributed by atoms with Gasteiger partial charge in [0.25, 0.3) is 0 Å². The zero-order valence-electron chi connectivity index (χ0n) is 9.02. The van der Waals surface area contributed by atoms with Crippen molar-refractivity contribution in [2.45, 2.75) is 27.7 Å². The summed E-state index contributed by atoms with van der Waals surface area (Å²) in [4.78, 5) is 2.06. The van der Waals surface area contributed by atoms with Crippen molar-refractivity contribution in [3.05, 3.63) is 24.6 Å². The Morgan fingerprint density at radius 1 is 1.17 bits per heavy atom. The Hall–Kier alpha value is -0.720. The van der Waals surface area contributed by atoms with Crippen LogP contribution >= 0.6 is 0 Å². The van der Waals surface area contributed by atoms with E-state index >= 15 is 0 Å². The Balaban J connectivity index is 4.29. The third-order valence-electron chi connectivity index (χ3n) is 2.53. The molecular weight excluding hydrogens is 146 g/mol. The smallest absolute Gasteiger partial charge is 0.0132 e. The molecule has 0 fully saturated rings. The van der Waals surface area contributed by atoms with E-state index in [1.165, 1.54) is 0 Å². The molecule has 0 rings (SSSR count). The zero-order valence-corrected chi connectivity index (χ0v) is 9.02. The fourth-order valence-electron chi connectivity index (χ4n) is 0.935. The topological polar surface area (TPSA) is 3.24 Å². The molecule has 0 aromatic heterocycles. The molecule has 0 aromatic rings. The molecule has 0 N–H and O–H groups in total. The molecule has 0 amide bonds. The Morgan fingerprint density at radius 2 is 1.58 bits per heavy atom. The minimum atomic E-state index is 0.520. The maximum absolute atomic E-state index is 4.06. The minimum absolute atomic E-state index is 0.520. The highest BCUT2D eigenvalue weighted by Gasteiger charge is 2.14. The zero-order chi connectivity index (χ0) is 9.89. The molecule has 12 heavy (non-hydrogen) atoms. The van der Waals surface area contributed by atoms with Crippen molar-refractivity contribution in [2.24, 2.45) is 11.8 Å². The summed E-state index contributed by atoms with van der Waals surface area (Å²) in [5.74, 6) is 1.16. The first-order valence-corrected chi connectivity index (χ1v) is 4.46. The van der Waals surface area contributed by atoms with Crippen LogP contribution in [0.25, 0.3) is 0 Å². The Kier molecular flexibility index (Phi) is 4.08. The van der Waals surface area contributed by atoms with Crippen LogP contribution in [0.15, 0.2) is 24.6 Å². The van der Waals surface area contributed by atoms with E-state index in [1.807, 2.05) is 14.0 Å². The number of nitrogens with zero attached hydrogens (tertiary/aromatic N) is 1. The summed E-state index contributed by atoms with van der Waals surface area (Å²) in [6.45, 7) is 16.6. The van der Waals surface area contributed by atoms with E-state index in [9.17, 15) is 0 Å². The van der Waals surface area contributed by atoms with Crippen molar-refractivity contribution in [2.75, 3.05) is 7.05 Å². The summed E-state index contributed by atoms with van der Waals surface area (Å²) in [6.07, 6.45) is 0. The van der Waals surface area contributed by atoms with E-state index in [0.717, 1.165) is 11.4 Å². The first kappa shape index (κ1) is 11.3. The van der Waals surface area contributed by atoms with E-state index < -0.39 is 0 Å². The molecule has 0 aliphatic rings. The third-order valence-corrected chi connectivity index (χ3v) is 2.53. The lowest BCUT2D eigenvalue weighted by molar-refractivity contribution is 0.375. The summed E-state index contributed by atoms with van der Waals surface area (Å²) in [5, 5.41) is 0. The Morgan fingerprint density at radius 3 is 1.83 bits per heavy atom. The van der Waals surface area contributed by atoms with Crippen molar-refractivity contribution in [1.82, 2.24) is 4.90 Å². The molecule has 0 saturated heterocycles. The lowest BCUT2D eigenvalue weighted by Crippen LogP contribution is -2.21. The second kappa shape index (κ2) is 4.34. The SMILES string of the molecule is C=C(C)N(C)C(=C)C(C)C(C)C. The molecule has 1 nitrogen and oxygen atoms in total. The molecule has 0 bridgehead atoms. The molecule has 0 radical (unpaired) electrons. The average molecular weight is 167 g/mol. The molecule has 70 valence electrons. The predicted molar refractivity (Wildman–Crippen MR) is 55.7 cm³/mol. The van der Waals surface area contributed by atoms with Crippen LogP contribution in [0.3, 0.4) is 0 Å². The molecule has 0 aromatic carbocycles. The van der Waals surface area contributed by atoms with E-state index in [2.05, 4.69) is 38.8 Å². The van der Waals surface area contributed by atoms with E-state index in [0.29, 0.717) is 11.8 Å². The fraction of sp³-hybridized carbons (Fsp3) is 0.636.